The van der Waals surface area contributed by atoms with E-state index in [-0.39, 0.29) is 18.9 Å². The normalized spacial score (nSPS) is 27.1. The van der Waals surface area contributed by atoms with Crippen LogP contribution in [-0.2, 0) is 33.2 Å². The Hall–Kier alpha value is -2.25. The van der Waals surface area contributed by atoms with Gasteiger partial charge < -0.3 is 89.9 Å². The minimum absolute atomic E-state index is 0.245. The lowest BCUT2D eigenvalue weighted by Gasteiger charge is -2.48. The molecule has 12 N–H and O–H groups in total. The summed E-state index contributed by atoms with van der Waals surface area (Å²) in [5.74, 6) is -0.271. The van der Waals surface area contributed by atoms with E-state index in [0.29, 0.717) is 6.42 Å². The number of hydrogen-bond donors (Lipinski definition) is 12. The van der Waals surface area contributed by atoms with Crippen LogP contribution in [0.3, 0.4) is 0 Å². The fraction of sp³-hybridized carbons (Fsp3) is 0.885. The molecule has 3 fully saturated rings. The van der Waals surface area contributed by atoms with Gasteiger partial charge in [0.15, 0.2) is 18.9 Å². The van der Waals surface area contributed by atoms with Gasteiger partial charge in [0, 0.05) is 6.42 Å². The van der Waals surface area contributed by atoms with Crippen LogP contribution in [0.4, 0.5) is 0 Å². The molecule has 1 amide bonds. The molecule has 3 rings (SSSR count). The first kappa shape index (κ1) is 89.0. The number of hydrogen-bond acceptors (Lipinski definition) is 18. The molecule has 17 atom stereocenters. The van der Waals surface area contributed by atoms with Crippen molar-refractivity contribution in [2.24, 2.45) is 0 Å². The van der Waals surface area contributed by atoms with Crippen molar-refractivity contribution < 1.29 is 89.4 Å². The predicted molar refractivity (Wildman–Crippen MR) is 383 cm³/mol. The number of ether oxygens (including phenoxy) is 6. The summed E-state index contributed by atoms with van der Waals surface area (Å²) in [5.41, 5.74) is 0. The highest BCUT2D eigenvalue weighted by Crippen LogP contribution is 2.33. The summed E-state index contributed by atoms with van der Waals surface area (Å²) < 4.78 is 34.4. The zero-order valence-electron chi connectivity index (χ0n) is 60.6. The summed E-state index contributed by atoms with van der Waals surface area (Å²) in [6.45, 7) is 1.76. The molecule has 97 heavy (non-hydrogen) atoms. The van der Waals surface area contributed by atoms with Gasteiger partial charge in [-0.1, -0.05) is 294 Å². The van der Waals surface area contributed by atoms with Gasteiger partial charge >= 0.3 is 0 Å². The third-order valence-electron chi connectivity index (χ3n) is 19.6. The molecular weight excluding hydrogens is 1240 g/mol. The first-order valence-corrected chi connectivity index (χ1v) is 39.4. The summed E-state index contributed by atoms with van der Waals surface area (Å²) in [6.07, 6.45) is 46.6. The maximum atomic E-state index is 13.5. The molecule has 19 heteroatoms. The van der Waals surface area contributed by atoms with Gasteiger partial charge in [0.05, 0.1) is 38.6 Å². The monoisotopic (exact) mass is 1380 g/mol. The number of aliphatic hydroxyl groups excluding tert-OH is 11. The number of carbonyl (C=O) groups is 1. The lowest BCUT2D eigenvalue weighted by molar-refractivity contribution is -0.379. The van der Waals surface area contributed by atoms with Crippen LogP contribution >= 0.6 is 0 Å². The van der Waals surface area contributed by atoms with Gasteiger partial charge in [-0.25, -0.2) is 0 Å². The summed E-state index contributed by atoms with van der Waals surface area (Å²) in [7, 11) is 0. The zero-order valence-corrected chi connectivity index (χ0v) is 60.6. The second kappa shape index (κ2) is 59.2. The molecule has 3 saturated heterocycles. The second-order valence-electron chi connectivity index (χ2n) is 28.2. The molecule has 0 aromatic carbocycles. The van der Waals surface area contributed by atoms with Gasteiger partial charge in [-0.15, -0.1) is 0 Å². The smallest absolute Gasteiger partial charge is 0.220 e. The molecule has 0 saturated carbocycles. The molecule has 3 heterocycles. The van der Waals surface area contributed by atoms with E-state index < -0.39 is 124 Å². The Bertz CT molecular complexity index is 1940. The Morgan fingerprint density at radius 2 is 0.680 bits per heavy atom. The van der Waals surface area contributed by atoms with Crippen molar-refractivity contribution in [3.63, 3.8) is 0 Å². The first-order valence-electron chi connectivity index (χ1n) is 39.4. The second-order valence-corrected chi connectivity index (χ2v) is 28.2. The van der Waals surface area contributed by atoms with E-state index in [1.165, 1.54) is 225 Å². The highest BCUT2D eigenvalue weighted by Gasteiger charge is 2.53. The highest BCUT2D eigenvalue weighted by atomic mass is 16.8. The highest BCUT2D eigenvalue weighted by molar-refractivity contribution is 5.76. The average Bonchev–Trinajstić information content (AvgIpc) is 0.845. The van der Waals surface area contributed by atoms with Crippen molar-refractivity contribution in [1.82, 2.24) is 5.32 Å². The standard InChI is InChI=1S/C78H143NO18/c1-3-5-7-9-11-13-15-17-19-21-23-24-25-26-27-28-29-30-31-32-33-34-35-36-38-40-42-44-46-48-50-52-54-56-66(84)79-61(62(83)55-53-51-49-47-45-43-41-39-37-22-20-18-16-14-12-10-8-6-4-2)60-92-76-72(90)69(87)74(64(58-81)94-76)97-78-73(91)70(88)75(65(59-82)95-78)96-77-71(89)68(86)67(85)63(57-80)93-77/h15,17,21,23,25-26,53,55,61-65,67-78,80-83,85-91H,3-14,16,18-20,22,24,27-52,54,56-60H2,1-2H3,(H,79,84)/b17-15-,23-21-,26-25-,55-53+. The molecule has 0 aromatic heterocycles. The largest absolute Gasteiger partial charge is 0.394 e. The van der Waals surface area contributed by atoms with Crippen molar-refractivity contribution in [3.8, 4) is 0 Å². The molecule has 0 aliphatic carbocycles. The molecule has 0 bridgehead atoms. The molecule has 3 aliphatic heterocycles. The Morgan fingerprint density at radius 3 is 1.06 bits per heavy atom. The Labute approximate surface area is 586 Å². The molecule has 0 radical (unpaired) electrons. The summed E-state index contributed by atoms with van der Waals surface area (Å²) in [5, 5.41) is 121. The fourth-order valence-electron chi connectivity index (χ4n) is 13.3. The molecule has 0 aromatic rings. The van der Waals surface area contributed by atoms with Crippen LogP contribution in [0.25, 0.3) is 0 Å². The van der Waals surface area contributed by atoms with E-state index in [9.17, 15) is 61.0 Å². The van der Waals surface area contributed by atoms with Crippen molar-refractivity contribution in [2.75, 3.05) is 26.4 Å². The molecule has 0 spiro atoms. The van der Waals surface area contributed by atoms with Crippen molar-refractivity contribution in [3.05, 3.63) is 48.6 Å². The van der Waals surface area contributed by atoms with Crippen molar-refractivity contribution in [2.45, 2.75) is 413 Å². The number of allylic oxidation sites excluding steroid dienone is 7. The van der Waals surface area contributed by atoms with Crippen LogP contribution in [0.2, 0.25) is 0 Å². The molecule has 19 nitrogen and oxygen atoms in total. The molecular formula is C78H143NO18. The van der Waals surface area contributed by atoms with Crippen LogP contribution < -0.4 is 5.32 Å². The van der Waals surface area contributed by atoms with E-state index >= 15 is 0 Å². The van der Waals surface area contributed by atoms with E-state index in [0.717, 1.165) is 57.8 Å². The zero-order chi connectivity index (χ0) is 70.4. The summed E-state index contributed by atoms with van der Waals surface area (Å²) in [6, 6.07) is -0.974. The maximum absolute atomic E-state index is 13.5. The van der Waals surface area contributed by atoms with Crippen LogP contribution in [0.1, 0.15) is 309 Å². The minimum Gasteiger partial charge on any atom is -0.394 e. The maximum Gasteiger partial charge on any atom is 0.220 e. The minimum atomic E-state index is -1.98. The number of carbonyl (C=O) groups excluding carboxylic acids is 1. The van der Waals surface area contributed by atoms with Crippen LogP contribution in [0.5, 0.6) is 0 Å². The molecule has 3 aliphatic rings. The Kier molecular flexibility index (Phi) is 54.3. The van der Waals surface area contributed by atoms with Gasteiger partial charge in [0.2, 0.25) is 5.91 Å². The van der Waals surface area contributed by atoms with E-state index in [1.807, 2.05) is 6.08 Å². The first-order chi connectivity index (χ1) is 47.3. The van der Waals surface area contributed by atoms with E-state index in [2.05, 4.69) is 55.6 Å². The summed E-state index contributed by atoms with van der Waals surface area (Å²) >= 11 is 0. The van der Waals surface area contributed by atoms with Gasteiger partial charge in [-0.2, -0.15) is 0 Å². The average molecular weight is 1380 g/mol. The third kappa shape index (κ3) is 39.8. The Balaban J connectivity index is 1.36. The molecule has 17 unspecified atom stereocenters. The van der Waals surface area contributed by atoms with Gasteiger partial charge in [-0.05, 0) is 57.8 Å². The lowest BCUT2D eigenvalue weighted by Crippen LogP contribution is -2.66. The molecule has 568 valence electrons. The predicted octanol–water partition coefficient (Wildman–Crippen LogP) is 12.5. The fourth-order valence-corrected chi connectivity index (χ4v) is 13.3. The lowest BCUT2D eigenvalue weighted by atomic mass is 9.96. The number of nitrogens with one attached hydrogen (secondary N) is 1. The topological polar surface area (TPSA) is 307 Å². The quantitative estimate of drug-likeness (QED) is 0.0199. The van der Waals surface area contributed by atoms with Gasteiger partial charge in [0.25, 0.3) is 0 Å². The van der Waals surface area contributed by atoms with Crippen LogP contribution in [0, 0.1) is 0 Å². The number of unbranched alkanes of at least 4 members (excludes halogenated alkanes) is 40. The van der Waals surface area contributed by atoms with E-state index in [1.54, 1.807) is 6.08 Å². The Morgan fingerprint density at radius 1 is 0.371 bits per heavy atom. The van der Waals surface area contributed by atoms with Gasteiger partial charge in [0.1, 0.15) is 73.2 Å². The number of rotatable bonds is 62. The number of amides is 1. The summed E-state index contributed by atoms with van der Waals surface area (Å²) in [4.78, 5) is 13.5. The number of aliphatic hydroxyl groups is 11. The van der Waals surface area contributed by atoms with Crippen molar-refractivity contribution >= 4 is 5.91 Å². The third-order valence-corrected chi connectivity index (χ3v) is 19.6. The van der Waals surface area contributed by atoms with Crippen LogP contribution in [0.15, 0.2) is 48.6 Å². The van der Waals surface area contributed by atoms with Crippen LogP contribution in [-0.4, -0.2) is 193 Å². The van der Waals surface area contributed by atoms with Gasteiger partial charge in [-0.3, -0.25) is 4.79 Å². The SMILES string of the molecule is CCCCCCC/C=C\C/C=C\C/C=C\CCCCCCCCCCCCCCCCCCCCC(=O)NC(COC1OC(CO)C(OC2OC(CO)C(OC3OC(CO)C(O)C(O)C3O)C(O)C2O)C(O)C1O)C(O)/C=C/CCCCCCCCCCCCCCCCCCC. The van der Waals surface area contributed by atoms with E-state index in [4.69, 9.17) is 28.4 Å². The van der Waals surface area contributed by atoms with Crippen molar-refractivity contribution in [1.29, 1.82) is 0 Å².